The minimum Gasteiger partial charge on any atom is -0.490 e. The maximum Gasteiger partial charge on any atom is 0.119 e. The highest BCUT2D eigenvalue weighted by atomic mass is 16.5. The lowest BCUT2D eigenvalue weighted by Crippen LogP contribution is -2.46. The van der Waals surface area contributed by atoms with Gasteiger partial charge in [0, 0.05) is 24.8 Å². The van der Waals surface area contributed by atoms with Gasteiger partial charge in [-0.25, -0.2) is 4.68 Å². The van der Waals surface area contributed by atoms with Crippen LogP contribution in [-0.4, -0.2) is 39.9 Å². The molecule has 1 saturated heterocycles. The normalized spacial score (nSPS) is 19.4. The van der Waals surface area contributed by atoms with Crippen LogP contribution in [0.2, 0.25) is 0 Å². The molecular formula is C24H35N3O. The monoisotopic (exact) mass is 381 g/mol. The van der Waals surface area contributed by atoms with Crippen molar-refractivity contribution in [1.29, 1.82) is 0 Å². The van der Waals surface area contributed by atoms with Crippen LogP contribution in [0.3, 0.4) is 0 Å². The van der Waals surface area contributed by atoms with E-state index in [4.69, 9.17) is 9.84 Å². The van der Waals surface area contributed by atoms with Gasteiger partial charge in [0.15, 0.2) is 0 Å². The van der Waals surface area contributed by atoms with Crippen molar-refractivity contribution in [3.05, 3.63) is 41.7 Å². The summed E-state index contributed by atoms with van der Waals surface area (Å²) in [5, 5.41) is 4.86. The van der Waals surface area contributed by atoms with Gasteiger partial charge in [-0.3, -0.25) is 0 Å². The lowest BCUT2D eigenvalue weighted by Gasteiger charge is -2.41. The number of nitrogens with zero attached hydrogens (tertiary/aromatic N) is 3. The first-order valence-electron chi connectivity index (χ1n) is 11.1. The highest BCUT2D eigenvalue weighted by molar-refractivity contribution is 5.39. The van der Waals surface area contributed by atoms with E-state index in [0.29, 0.717) is 17.9 Å². The molecule has 1 aromatic heterocycles. The largest absolute Gasteiger partial charge is 0.490 e. The quantitative estimate of drug-likeness (QED) is 0.660. The summed E-state index contributed by atoms with van der Waals surface area (Å²) >= 11 is 0. The number of hydrogen-bond donors (Lipinski definition) is 0. The van der Waals surface area contributed by atoms with Crippen LogP contribution in [0.25, 0.3) is 5.69 Å². The predicted octanol–water partition coefficient (Wildman–Crippen LogP) is 5.51. The number of aromatic nitrogens is 2. The number of ether oxygens (including phenoxy) is 1. The van der Waals surface area contributed by atoms with Crippen molar-refractivity contribution in [3.63, 3.8) is 0 Å². The molecule has 2 fully saturated rings. The van der Waals surface area contributed by atoms with Gasteiger partial charge in [-0.05, 0) is 67.9 Å². The molecule has 2 aromatic rings. The second-order valence-corrected chi connectivity index (χ2v) is 9.15. The Bertz CT molecular complexity index is 766. The molecule has 0 N–H and O–H groups in total. The third kappa shape index (κ3) is 4.12. The van der Waals surface area contributed by atoms with Gasteiger partial charge in [0.25, 0.3) is 0 Å². The Hall–Kier alpha value is -1.81. The maximum absolute atomic E-state index is 6.29. The minimum absolute atomic E-state index is 0.352. The van der Waals surface area contributed by atoms with E-state index in [1.807, 2.05) is 0 Å². The molecule has 152 valence electrons. The molecule has 0 radical (unpaired) electrons. The van der Waals surface area contributed by atoms with E-state index in [0.717, 1.165) is 36.0 Å². The lowest BCUT2D eigenvalue weighted by atomic mass is 9.90. The highest BCUT2D eigenvalue weighted by Crippen LogP contribution is 2.29. The molecule has 2 aliphatic rings. The Labute approximate surface area is 169 Å². The molecular weight excluding hydrogens is 346 g/mol. The smallest absolute Gasteiger partial charge is 0.119 e. The van der Waals surface area contributed by atoms with Crippen LogP contribution in [0, 0.1) is 0 Å². The molecule has 4 rings (SSSR count). The zero-order chi connectivity index (χ0) is 19.7. The molecule has 4 nitrogen and oxygen atoms in total. The van der Waals surface area contributed by atoms with Gasteiger partial charge in [-0.1, -0.05) is 34.1 Å². The van der Waals surface area contributed by atoms with Crippen molar-refractivity contribution in [1.82, 2.24) is 14.7 Å². The van der Waals surface area contributed by atoms with Gasteiger partial charge >= 0.3 is 0 Å². The standard InChI is InChI=1S/C24H35N3O/c1-17(2)23-16-24(18(3)4)27(25-23)20-8-10-21(11-9-20)28-22-12-14-26(15-13-22)19-6-5-7-19/h8-11,16-19,22H,5-7,12-15H2,1-4H3. The SMILES string of the molecule is CC(C)c1cc(C(C)C)n(-c2ccc(OC3CCN(C4CCC4)CC3)cc2)n1. The van der Waals surface area contributed by atoms with Crippen molar-refractivity contribution in [3.8, 4) is 11.4 Å². The molecule has 0 amide bonds. The Morgan fingerprint density at radius 3 is 2.14 bits per heavy atom. The van der Waals surface area contributed by atoms with Crippen molar-refractivity contribution >= 4 is 0 Å². The second kappa shape index (κ2) is 8.28. The van der Waals surface area contributed by atoms with Crippen molar-refractivity contribution in [2.45, 2.75) is 83.8 Å². The Balaban J connectivity index is 1.40. The lowest BCUT2D eigenvalue weighted by molar-refractivity contribution is 0.0493. The summed E-state index contributed by atoms with van der Waals surface area (Å²) < 4.78 is 8.39. The van der Waals surface area contributed by atoms with E-state index in [-0.39, 0.29) is 0 Å². The van der Waals surface area contributed by atoms with Crippen LogP contribution >= 0.6 is 0 Å². The van der Waals surface area contributed by atoms with Gasteiger partial charge in [0.05, 0.1) is 11.4 Å². The number of benzene rings is 1. The average Bonchev–Trinajstić information content (AvgIpc) is 3.09. The molecule has 1 aliphatic carbocycles. The van der Waals surface area contributed by atoms with E-state index in [1.165, 1.54) is 38.0 Å². The molecule has 0 bridgehead atoms. The van der Waals surface area contributed by atoms with Gasteiger partial charge in [-0.15, -0.1) is 0 Å². The van der Waals surface area contributed by atoms with Crippen LogP contribution in [0.15, 0.2) is 30.3 Å². The highest BCUT2D eigenvalue weighted by Gasteiger charge is 2.29. The van der Waals surface area contributed by atoms with E-state index < -0.39 is 0 Å². The Morgan fingerprint density at radius 2 is 1.61 bits per heavy atom. The summed E-state index contributed by atoms with van der Waals surface area (Å²) in [7, 11) is 0. The van der Waals surface area contributed by atoms with Crippen LogP contribution < -0.4 is 4.74 Å². The van der Waals surface area contributed by atoms with Crippen LogP contribution in [0.1, 0.15) is 83.0 Å². The van der Waals surface area contributed by atoms with E-state index in [2.05, 4.69) is 67.6 Å². The van der Waals surface area contributed by atoms with E-state index in [9.17, 15) is 0 Å². The first kappa shape index (κ1) is 19.5. The summed E-state index contributed by atoms with van der Waals surface area (Å²) in [6, 6.07) is 11.6. The van der Waals surface area contributed by atoms with Crippen molar-refractivity contribution in [2.24, 2.45) is 0 Å². The van der Waals surface area contributed by atoms with Gasteiger partial charge < -0.3 is 9.64 Å². The molecule has 0 spiro atoms. The molecule has 1 aliphatic heterocycles. The third-order valence-corrected chi connectivity index (χ3v) is 6.39. The van der Waals surface area contributed by atoms with Crippen LogP contribution in [0.4, 0.5) is 0 Å². The van der Waals surface area contributed by atoms with Gasteiger partial charge in [-0.2, -0.15) is 5.10 Å². The fourth-order valence-electron chi connectivity index (χ4n) is 4.28. The Morgan fingerprint density at radius 1 is 0.929 bits per heavy atom. The topological polar surface area (TPSA) is 30.3 Å². The molecule has 2 heterocycles. The van der Waals surface area contributed by atoms with Crippen molar-refractivity contribution < 1.29 is 4.74 Å². The van der Waals surface area contributed by atoms with Gasteiger partial charge in [0.2, 0.25) is 0 Å². The molecule has 0 atom stereocenters. The Kier molecular flexibility index (Phi) is 5.77. The first-order chi connectivity index (χ1) is 13.5. The van der Waals surface area contributed by atoms with Crippen LogP contribution in [0.5, 0.6) is 5.75 Å². The van der Waals surface area contributed by atoms with Crippen molar-refractivity contribution in [2.75, 3.05) is 13.1 Å². The summed E-state index contributed by atoms with van der Waals surface area (Å²) in [5.74, 6) is 1.86. The summed E-state index contributed by atoms with van der Waals surface area (Å²) in [6.45, 7) is 11.2. The molecule has 1 aromatic carbocycles. The number of hydrogen-bond acceptors (Lipinski definition) is 3. The zero-order valence-corrected chi connectivity index (χ0v) is 17.9. The van der Waals surface area contributed by atoms with E-state index >= 15 is 0 Å². The molecule has 28 heavy (non-hydrogen) atoms. The summed E-state index contributed by atoms with van der Waals surface area (Å²) in [5.41, 5.74) is 3.53. The average molecular weight is 382 g/mol. The fraction of sp³-hybridized carbons (Fsp3) is 0.625. The fourth-order valence-corrected chi connectivity index (χ4v) is 4.28. The molecule has 1 saturated carbocycles. The van der Waals surface area contributed by atoms with Crippen LogP contribution in [-0.2, 0) is 0 Å². The number of rotatable bonds is 6. The molecule has 4 heteroatoms. The summed E-state index contributed by atoms with van der Waals surface area (Å²) in [4.78, 5) is 2.67. The van der Waals surface area contributed by atoms with Gasteiger partial charge in [0.1, 0.15) is 11.9 Å². The first-order valence-corrected chi connectivity index (χ1v) is 11.1. The van der Waals surface area contributed by atoms with E-state index in [1.54, 1.807) is 0 Å². The predicted molar refractivity (Wildman–Crippen MR) is 115 cm³/mol. The number of piperidine rings is 1. The third-order valence-electron chi connectivity index (χ3n) is 6.39. The second-order valence-electron chi connectivity index (χ2n) is 9.15. The number of likely N-dealkylation sites (tertiary alicyclic amines) is 1. The minimum atomic E-state index is 0.352. The summed E-state index contributed by atoms with van der Waals surface area (Å²) in [6.07, 6.45) is 6.86. The zero-order valence-electron chi connectivity index (χ0n) is 17.9. The maximum atomic E-state index is 6.29. The molecule has 0 unspecified atom stereocenters.